The van der Waals surface area contributed by atoms with Crippen LogP contribution >= 0.6 is 0 Å². The van der Waals surface area contributed by atoms with Crippen LogP contribution in [0.1, 0.15) is 24.1 Å². The number of nitrogens with one attached hydrogen (secondary N) is 2. The summed E-state index contributed by atoms with van der Waals surface area (Å²) < 4.78 is 1.70. The third-order valence-corrected chi connectivity index (χ3v) is 5.48. The summed E-state index contributed by atoms with van der Waals surface area (Å²) in [6.07, 6.45) is 1.08. The number of fused-ring (bicyclic) bond motifs is 2. The van der Waals surface area contributed by atoms with Gasteiger partial charge in [-0.3, -0.25) is 9.78 Å². The van der Waals surface area contributed by atoms with Crippen LogP contribution in [0.25, 0.3) is 22.1 Å². The first-order valence-electron chi connectivity index (χ1n) is 8.84. The van der Waals surface area contributed by atoms with E-state index in [1.807, 2.05) is 24.3 Å². The molecule has 9 heteroatoms. The number of H-pyrrole nitrogens is 2. The molecule has 0 unspecified atom stereocenters. The fourth-order valence-electron chi connectivity index (χ4n) is 4.18. The Labute approximate surface area is 158 Å². The molecule has 3 atom stereocenters. The van der Waals surface area contributed by atoms with Crippen LogP contribution in [0.4, 0.5) is 5.95 Å². The average molecular weight is 378 g/mol. The van der Waals surface area contributed by atoms with Crippen molar-refractivity contribution in [2.75, 3.05) is 5.73 Å². The highest BCUT2D eigenvalue weighted by molar-refractivity contribution is 5.88. The monoisotopic (exact) mass is 378 g/mol. The first-order chi connectivity index (χ1) is 13.5. The van der Waals surface area contributed by atoms with Crippen LogP contribution in [0.5, 0.6) is 5.75 Å². The Kier molecular flexibility index (Phi) is 3.37. The molecule has 0 spiro atoms. The largest absolute Gasteiger partial charge is 0.505 e. The zero-order valence-corrected chi connectivity index (χ0v) is 14.8. The van der Waals surface area contributed by atoms with E-state index in [1.54, 1.807) is 4.57 Å². The quantitative estimate of drug-likeness (QED) is 0.334. The van der Waals surface area contributed by atoms with Crippen LogP contribution in [0.15, 0.2) is 47.5 Å². The Bertz CT molecular complexity index is 1300. The number of aliphatic hydroxyl groups is 1. The average Bonchev–Trinajstić information content (AvgIpc) is 3.30. The van der Waals surface area contributed by atoms with E-state index in [9.17, 15) is 15.0 Å². The predicted molar refractivity (Wildman–Crippen MR) is 104 cm³/mol. The van der Waals surface area contributed by atoms with Gasteiger partial charge < -0.3 is 25.5 Å². The van der Waals surface area contributed by atoms with Crippen LogP contribution in [0, 0.1) is 0 Å². The second-order valence-corrected chi connectivity index (χ2v) is 7.08. The Morgan fingerprint density at radius 3 is 2.86 bits per heavy atom. The lowest BCUT2D eigenvalue weighted by molar-refractivity contribution is 0.161. The normalized spacial score (nSPS) is 22.5. The highest BCUT2D eigenvalue weighted by Gasteiger charge is 2.41. The number of aromatic hydroxyl groups is 1. The van der Waals surface area contributed by atoms with E-state index in [2.05, 4.69) is 26.5 Å². The Morgan fingerprint density at radius 1 is 1.29 bits per heavy atom. The van der Waals surface area contributed by atoms with E-state index in [0.29, 0.717) is 28.7 Å². The van der Waals surface area contributed by atoms with Gasteiger partial charge in [0.25, 0.3) is 5.56 Å². The van der Waals surface area contributed by atoms with E-state index >= 15 is 0 Å². The zero-order chi connectivity index (χ0) is 19.6. The Balaban J connectivity index is 1.61. The number of para-hydroxylation sites is 1. The Hall–Kier alpha value is -3.59. The summed E-state index contributed by atoms with van der Waals surface area (Å²) in [6, 6.07) is 7.05. The maximum Gasteiger partial charge on any atom is 0.280 e. The number of aliphatic hydroxyl groups excluding tert-OH is 1. The molecule has 9 nitrogen and oxygen atoms in total. The zero-order valence-electron chi connectivity index (χ0n) is 14.8. The molecule has 3 aromatic heterocycles. The fraction of sp³-hybridized carbons (Fsp3) is 0.211. The van der Waals surface area contributed by atoms with Crippen molar-refractivity contribution < 1.29 is 10.2 Å². The van der Waals surface area contributed by atoms with Crippen molar-refractivity contribution in [1.82, 2.24) is 24.5 Å². The molecule has 3 heterocycles. The third-order valence-electron chi connectivity index (χ3n) is 5.48. The minimum absolute atomic E-state index is 0.00628. The molecule has 0 saturated heterocycles. The van der Waals surface area contributed by atoms with Gasteiger partial charge in [0.05, 0.1) is 30.1 Å². The molecule has 0 bridgehead atoms. The molecule has 1 aliphatic carbocycles. The first-order valence-corrected chi connectivity index (χ1v) is 8.84. The maximum atomic E-state index is 12.0. The second kappa shape index (κ2) is 5.70. The molecule has 1 fully saturated rings. The number of benzene rings is 1. The van der Waals surface area contributed by atoms with Crippen molar-refractivity contribution in [2.24, 2.45) is 0 Å². The van der Waals surface area contributed by atoms with Gasteiger partial charge in [0.15, 0.2) is 11.2 Å². The molecule has 0 radical (unpaired) electrons. The number of nitrogen functional groups attached to an aromatic ring is 1. The summed E-state index contributed by atoms with van der Waals surface area (Å²) in [6.45, 7) is 4.18. The number of nitrogens with zero attached hydrogens (tertiary/aromatic N) is 3. The highest BCUT2D eigenvalue weighted by atomic mass is 16.3. The van der Waals surface area contributed by atoms with Gasteiger partial charge in [0.2, 0.25) is 5.95 Å². The number of nitrogens with two attached hydrogens (primary N) is 1. The van der Waals surface area contributed by atoms with Gasteiger partial charge in [-0.25, -0.2) is 4.98 Å². The molecule has 1 aromatic carbocycles. The van der Waals surface area contributed by atoms with Gasteiger partial charge in [0.1, 0.15) is 5.75 Å². The fourth-order valence-corrected chi connectivity index (χ4v) is 4.18. The van der Waals surface area contributed by atoms with E-state index in [4.69, 9.17) is 5.73 Å². The second-order valence-electron chi connectivity index (χ2n) is 7.08. The number of anilines is 1. The Morgan fingerprint density at radius 2 is 2.07 bits per heavy atom. The maximum absolute atomic E-state index is 12.0. The van der Waals surface area contributed by atoms with Crippen molar-refractivity contribution in [3.8, 4) is 5.75 Å². The number of rotatable bonds is 2. The number of imidazole rings is 1. The number of hydrogen-bond acceptors (Lipinski definition) is 6. The third kappa shape index (κ3) is 2.20. The number of aromatic nitrogens is 5. The van der Waals surface area contributed by atoms with E-state index < -0.39 is 17.6 Å². The molecule has 1 saturated carbocycles. The molecule has 1 aliphatic rings. The SMILES string of the molecule is C=C1[C@@H](c2[nH]c3ccccc3c2O)[C@@H](O)C[C@@H]1n1cnc2c(=O)[nH]c(N)nc21. The van der Waals surface area contributed by atoms with Crippen LogP contribution in [0.2, 0.25) is 0 Å². The van der Waals surface area contributed by atoms with Gasteiger partial charge in [-0.2, -0.15) is 4.98 Å². The lowest BCUT2D eigenvalue weighted by Gasteiger charge is -2.17. The number of hydrogen-bond donors (Lipinski definition) is 5. The van der Waals surface area contributed by atoms with Gasteiger partial charge >= 0.3 is 0 Å². The van der Waals surface area contributed by atoms with Gasteiger partial charge in [0, 0.05) is 10.9 Å². The van der Waals surface area contributed by atoms with Crippen molar-refractivity contribution in [1.29, 1.82) is 0 Å². The van der Waals surface area contributed by atoms with Crippen LogP contribution in [-0.2, 0) is 0 Å². The molecular formula is C19H18N6O3. The van der Waals surface area contributed by atoms with E-state index in [-0.39, 0.29) is 23.3 Å². The minimum Gasteiger partial charge on any atom is -0.505 e. The molecular weight excluding hydrogens is 360 g/mol. The molecule has 28 heavy (non-hydrogen) atoms. The van der Waals surface area contributed by atoms with Crippen LogP contribution < -0.4 is 11.3 Å². The van der Waals surface area contributed by atoms with Crippen LogP contribution in [-0.4, -0.2) is 40.8 Å². The standard InChI is InChI=1S/C19H18N6O3/c1-8-11(25-7-21-15-17(25)23-19(20)24-18(15)28)6-12(26)13(8)14-16(27)9-4-2-3-5-10(9)22-14/h2-5,7,11-13,22,26-27H,1,6H2,(H3,20,23,24,28)/t11-,12-,13+/m0/s1. The van der Waals surface area contributed by atoms with Gasteiger partial charge in [-0.15, -0.1) is 0 Å². The topological polar surface area (TPSA) is 146 Å². The summed E-state index contributed by atoms with van der Waals surface area (Å²) in [7, 11) is 0. The van der Waals surface area contributed by atoms with Gasteiger partial charge in [-0.1, -0.05) is 18.7 Å². The molecule has 142 valence electrons. The lowest BCUT2D eigenvalue weighted by atomic mass is 9.96. The van der Waals surface area contributed by atoms with E-state index in [1.165, 1.54) is 6.33 Å². The lowest BCUT2D eigenvalue weighted by Crippen LogP contribution is -2.14. The van der Waals surface area contributed by atoms with Crippen molar-refractivity contribution in [3.05, 3.63) is 58.8 Å². The number of aromatic amines is 2. The van der Waals surface area contributed by atoms with Gasteiger partial charge in [-0.05, 0) is 24.1 Å². The minimum atomic E-state index is -0.770. The van der Waals surface area contributed by atoms with Crippen molar-refractivity contribution in [2.45, 2.75) is 24.5 Å². The molecule has 6 N–H and O–H groups in total. The summed E-state index contributed by atoms with van der Waals surface area (Å²) >= 11 is 0. The molecule has 0 amide bonds. The summed E-state index contributed by atoms with van der Waals surface area (Å²) in [5.74, 6) is -0.391. The summed E-state index contributed by atoms with van der Waals surface area (Å²) in [4.78, 5) is 26.0. The summed E-state index contributed by atoms with van der Waals surface area (Å²) in [5, 5.41) is 22.1. The molecule has 5 rings (SSSR count). The van der Waals surface area contributed by atoms with Crippen LogP contribution in [0.3, 0.4) is 0 Å². The van der Waals surface area contributed by atoms with E-state index in [0.717, 1.165) is 5.52 Å². The predicted octanol–water partition coefficient (Wildman–Crippen LogP) is 1.53. The van der Waals surface area contributed by atoms with Crippen molar-refractivity contribution >= 4 is 28.0 Å². The summed E-state index contributed by atoms with van der Waals surface area (Å²) in [5.41, 5.74) is 7.76. The smallest absolute Gasteiger partial charge is 0.280 e. The highest BCUT2D eigenvalue weighted by Crippen LogP contribution is 2.48. The molecule has 4 aromatic rings. The first kappa shape index (κ1) is 16.6. The van der Waals surface area contributed by atoms with Crippen molar-refractivity contribution in [3.63, 3.8) is 0 Å². The molecule has 0 aliphatic heterocycles.